The van der Waals surface area contributed by atoms with Crippen molar-refractivity contribution in [1.29, 1.82) is 0 Å². The summed E-state index contributed by atoms with van der Waals surface area (Å²) < 4.78 is 1.99. The van der Waals surface area contributed by atoms with Crippen molar-refractivity contribution in [3.05, 3.63) is 51.4 Å². The smallest absolute Gasteiger partial charge is 0.328 e. The van der Waals surface area contributed by atoms with Crippen molar-refractivity contribution in [3.8, 4) is 0 Å². The molecule has 6 rings (SSSR count). The van der Waals surface area contributed by atoms with Gasteiger partial charge in [0.25, 0.3) is 17.4 Å². The molecular weight excluding hydrogens is 450 g/mol. The predicted molar refractivity (Wildman–Crippen MR) is 128 cm³/mol. The Morgan fingerprint density at radius 3 is 2.46 bits per heavy atom. The van der Waals surface area contributed by atoms with E-state index in [1.165, 1.54) is 4.52 Å². The summed E-state index contributed by atoms with van der Waals surface area (Å²) in [6.45, 7) is 3.19. The van der Waals surface area contributed by atoms with Crippen LogP contribution in [0.1, 0.15) is 34.5 Å². The summed E-state index contributed by atoms with van der Waals surface area (Å²) in [5.74, 6) is -2.03. The van der Waals surface area contributed by atoms with Crippen LogP contribution in [0.15, 0.2) is 29.1 Å². The third-order valence-corrected chi connectivity index (χ3v) is 6.96. The Morgan fingerprint density at radius 2 is 1.74 bits per heavy atom. The number of aromatic nitrogens is 2. The molecule has 2 amide bonds. The predicted octanol–water partition coefficient (Wildman–Crippen LogP) is 1.95. The van der Waals surface area contributed by atoms with Crippen molar-refractivity contribution in [1.82, 2.24) is 14.7 Å². The van der Waals surface area contributed by atoms with E-state index in [1.807, 2.05) is 25.2 Å². The highest BCUT2D eigenvalue weighted by Crippen LogP contribution is 2.41. The molecule has 2 aliphatic heterocycles. The lowest BCUT2D eigenvalue weighted by atomic mass is 9.93. The Hall–Kier alpha value is -4.05. The van der Waals surface area contributed by atoms with Crippen LogP contribution in [0.4, 0.5) is 5.69 Å². The molecule has 0 unspecified atom stereocenters. The molecule has 0 N–H and O–H groups in total. The van der Waals surface area contributed by atoms with E-state index in [9.17, 15) is 19.2 Å². The lowest BCUT2D eigenvalue weighted by Crippen LogP contribution is -2.50. The molecule has 1 fully saturated rings. The summed E-state index contributed by atoms with van der Waals surface area (Å²) in [6.07, 6.45) is -0.00851. The maximum atomic E-state index is 13.5. The molecule has 178 valence electrons. The van der Waals surface area contributed by atoms with Crippen LogP contribution in [0.25, 0.3) is 27.1 Å². The highest BCUT2D eigenvalue weighted by molar-refractivity contribution is 6.21. The first kappa shape index (κ1) is 21.5. The first-order valence-corrected chi connectivity index (χ1v) is 11.4. The molecule has 0 atom stereocenters. The first-order valence-electron chi connectivity index (χ1n) is 11.4. The number of benzene rings is 2. The van der Waals surface area contributed by atoms with Crippen LogP contribution in [0.3, 0.4) is 0 Å². The summed E-state index contributed by atoms with van der Waals surface area (Å²) >= 11 is 0. The molecule has 0 bridgehead atoms. The Bertz CT molecular complexity index is 1650. The fourth-order valence-corrected chi connectivity index (χ4v) is 5.60. The monoisotopic (exact) mass is 474 g/mol. The molecule has 35 heavy (non-hydrogen) atoms. The third kappa shape index (κ3) is 2.96. The van der Waals surface area contributed by atoms with Gasteiger partial charge in [-0.2, -0.15) is 9.61 Å². The molecule has 1 saturated heterocycles. The van der Waals surface area contributed by atoms with Crippen molar-refractivity contribution < 1.29 is 23.7 Å². The molecule has 0 saturated carbocycles. The van der Waals surface area contributed by atoms with Gasteiger partial charge in [0.2, 0.25) is 0 Å². The molecule has 0 radical (unpaired) electrons. The lowest BCUT2D eigenvalue weighted by Gasteiger charge is -2.41. The Balaban J connectivity index is 1.67. The van der Waals surface area contributed by atoms with Gasteiger partial charge >= 0.3 is 5.97 Å². The number of hydroxylamine groups is 2. The maximum Gasteiger partial charge on any atom is 0.368 e. The highest BCUT2D eigenvalue weighted by atomic mass is 16.7. The standard InChI is InChI=1S/C25H24N5O5/c1-13-21(25(34)35-29-19(31)8-9-20(29)32)23-16-10-18-17(11-30(3,4)12-27(18)2)14-6-5-7-15(22(14)16)24(33)28(23)26-13/h5-7,10H,8-9,11-12H2,1-4H3/q+1. The zero-order valence-corrected chi connectivity index (χ0v) is 19.9. The number of aryl methyl sites for hydroxylation is 1. The number of pyridine rings is 1. The summed E-state index contributed by atoms with van der Waals surface area (Å²) in [4.78, 5) is 58.2. The van der Waals surface area contributed by atoms with Gasteiger partial charge in [-0.25, -0.2) is 4.79 Å². The largest absolute Gasteiger partial charge is 0.368 e. The van der Waals surface area contributed by atoms with Gasteiger partial charge in [0.05, 0.1) is 36.4 Å². The number of hydrogen-bond donors (Lipinski definition) is 0. The van der Waals surface area contributed by atoms with E-state index in [0.29, 0.717) is 21.4 Å². The molecule has 10 nitrogen and oxygen atoms in total. The molecule has 4 aromatic rings. The van der Waals surface area contributed by atoms with Gasteiger partial charge in [0, 0.05) is 36.2 Å². The molecule has 0 spiro atoms. The van der Waals surface area contributed by atoms with E-state index >= 15 is 0 Å². The number of carbonyl (C=O) groups is 3. The molecule has 2 aromatic heterocycles. The second-order valence-corrected chi connectivity index (χ2v) is 10.1. The number of quaternary nitrogens is 1. The minimum absolute atomic E-state index is 0.00425. The van der Waals surface area contributed by atoms with Gasteiger partial charge in [-0.3, -0.25) is 14.4 Å². The van der Waals surface area contributed by atoms with Crippen molar-refractivity contribution in [2.24, 2.45) is 0 Å². The van der Waals surface area contributed by atoms with Gasteiger partial charge in [0.15, 0.2) is 6.67 Å². The third-order valence-electron chi connectivity index (χ3n) is 6.96. The summed E-state index contributed by atoms with van der Waals surface area (Å²) in [7, 11) is 6.35. The van der Waals surface area contributed by atoms with Gasteiger partial charge in [-0.15, -0.1) is 5.06 Å². The van der Waals surface area contributed by atoms with E-state index in [1.54, 1.807) is 13.0 Å². The van der Waals surface area contributed by atoms with Crippen LogP contribution >= 0.6 is 0 Å². The summed E-state index contributed by atoms with van der Waals surface area (Å²) in [5, 5.41) is 7.81. The number of fused-ring (bicyclic) bond motifs is 4. The van der Waals surface area contributed by atoms with Crippen LogP contribution in [0.2, 0.25) is 0 Å². The number of rotatable bonds is 2. The van der Waals surface area contributed by atoms with Crippen LogP contribution in [0, 0.1) is 6.92 Å². The molecular formula is C25H24N5O5+. The fraction of sp³-hybridized carbons (Fsp3) is 0.320. The Morgan fingerprint density at radius 1 is 1.06 bits per heavy atom. The molecule has 10 heteroatoms. The van der Waals surface area contributed by atoms with E-state index in [2.05, 4.69) is 24.1 Å². The maximum absolute atomic E-state index is 13.5. The summed E-state index contributed by atoms with van der Waals surface area (Å²) in [6, 6.07) is 7.65. The highest BCUT2D eigenvalue weighted by Gasteiger charge is 2.36. The number of nitrogens with zero attached hydrogens (tertiary/aromatic N) is 5. The Kier molecular flexibility index (Phi) is 4.29. The average molecular weight is 474 g/mol. The van der Waals surface area contributed by atoms with Gasteiger partial charge in [-0.1, -0.05) is 12.1 Å². The molecule has 0 aliphatic carbocycles. The molecule has 2 aromatic carbocycles. The van der Waals surface area contributed by atoms with Gasteiger partial charge in [-0.05, 0) is 24.4 Å². The lowest BCUT2D eigenvalue weighted by molar-refractivity contribution is -0.904. The van der Waals surface area contributed by atoms with Crippen molar-refractivity contribution in [2.75, 3.05) is 32.7 Å². The Labute approximate surface area is 199 Å². The second kappa shape index (κ2) is 6.98. The minimum Gasteiger partial charge on any atom is -0.328 e. The summed E-state index contributed by atoms with van der Waals surface area (Å²) in [5.41, 5.74) is 2.48. The minimum atomic E-state index is -0.892. The van der Waals surface area contributed by atoms with Crippen LogP contribution in [-0.4, -0.2) is 64.8 Å². The average Bonchev–Trinajstić information content (AvgIpc) is 3.31. The number of hydrogen-bond acceptors (Lipinski definition) is 7. The van der Waals surface area contributed by atoms with E-state index < -0.39 is 17.8 Å². The van der Waals surface area contributed by atoms with Crippen LogP contribution in [0.5, 0.6) is 0 Å². The van der Waals surface area contributed by atoms with Crippen molar-refractivity contribution in [2.45, 2.75) is 26.3 Å². The van der Waals surface area contributed by atoms with Crippen LogP contribution in [-0.2, 0) is 21.0 Å². The first-order chi connectivity index (χ1) is 16.6. The van der Waals surface area contributed by atoms with Crippen molar-refractivity contribution >= 4 is 50.5 Å². The number of imide groups is 1. The van der Waals surface area contributed by atoms with Gasteiger partial charge in [0.1, 0.15) is 12.1 Å². The SMILES string of the molecule is Cc1nn2c(=O)c3cccc4c5c(cc(c43)c2c1C(=O)ON1C(=O)CCC1=O)N(C)C[N+](C)(C)C5. The van der Waals surface area contributed by atoms with Crippen LogP contribution < -0.4 is 10.5 Å². The van der Waals surface area contributed by atoms with Gasteiger partial charge < -0.3 is 14.2 Å². The quantitative estimate of drug-likeness (QED) is 0.323. The van der Waals surface area contributed by atoms with E-state index in [0.717, 1.165) is 39.7 Å². The number of anilines is 1. The second-order valence-electron chi connectivity index (χ2n) is 10.1. The zero-order valence-electron chi connectivity index (χ0n) is 19.9. The van der Waals surface area contributed by atoms with E-state index in [4.69, 9.17) is 4.84 Å². The number of amides is 2. The number of carbonyl (C=O) groups excluding carboxylic acids is 3. The normalized spacial score (nSPS) is 17.7. The molecule has 4 heterocycles. The zero-order chi connectivity index (χ0) is 24.8. The van der Waals surface area contributed by atoms with Crippen molar-refractivity contribution in [3.63, 3.8) is 0 Å². The van der Waals surface area contributed by atoms with E-state index in [-0.39, 0.29) is 29.7 Å². The fourth-order valence-electron chi connectivity index (χ4n) is 5.60. The molecule has 2 aliphatic rings. The topological polar surface area (TPSA) is 101 Å².